The Hall–Kier alpha value is -1.46. The van der Waals surface area contributed by atoms with Gasteiger partial charge in [0.05, 0.1) is 12.7 Å². The molecular weight excluding hydrogens is 340 g/mol. The lowest BCUT2D eigenvalue weighted by Crippen LogP contribution is -2.67. The summed E-state index contributed by atoms with van der Waals surface area (Å²) in [6.45, 7) is 9.73. The maximum absolute atomic E-state index is 9.28. The highest BCUT2D eigenvalue weighted by atomic mass is 28.4. The van der Waals surface area contributed by atoms with Crippen LogP contribution in [0.3, 0.4) is 0 Å². The summed E-state index contributed by atoms with van der Waals surface area (Å²) in [5, 5.41) is 11.8. The molecule has 0 aromatic heterocycles. The summed E-state index contributed by atoms with van der Waals surface area (Å²) in [7, 11) is -2.48. The quantitative estimate of drug-likeness (QED) is 0.602. The predicted octanol–water partition coefficient (Wildman–Crippen LogP) is 2.96. The average Bonchev–Trinajstić information content (AvgIpc) is 3.43. The van der Waals surface area contributed by atoms with E-state index in [0.29, 0.717) is 6.61 Å². The van der Waals surface area contributed by atoms with Crippen LogP contribution in [0.15, 0.2) is 60.7 Å². The molecule has 140 valence electrons. The van der Waals surface area contributed by atoms with E-state index < -0.39 is 8.32 Å². The van der Waals surface area contributed by atoms with Gasteiger partial charge in [0.25, 0.3) is 8.32 Å². The Morgan fingerprint density at radius 3 is 1.88 bits per heavy atom. The van der Waals surface area contributed by atoms with Gasteiger partial charge in [-0.2, -0.15) is 0 Å². The van der Waals surface area contributed by atoms with E-state index in [-0.39, 0.29) is 29.8 Å². The van der Waals surface area contributed by atoms with Crippen LogP contribution in [0, 0.1) is 5.92 Å². The van der Waals surface area contributed by atoms with Gasteiger partial charge in [0.1, 0.15) is 6.10 Å². The zero-order valence-corrected chi connectivity index (χ0v) is 17.2. The third-order valence-corrected chi connectivity index (χ3v) is 10.3. The highest BCUT2D eigenvalue weighted by molar-refractivity contribution is 6.99. The summed E-state index contributed by atoms with van der Waals surface area (Å²) in [5.41, 5.74) is 0. The highest BCUT2D eigenvalue weighted by Gasteiger charge is 2.51. The van der Waals surface area contributed by atoms with Crippen molar-refractivity contribution in [3.8, 4) is 0 Å². The summed E-state index contributed by atoms with van der Waals surface area (Å²) in [4.78, 5) is 0. The fraction of sp³-hybridized carbons (Fsp3) is 0.455. The van der Waals surface area contributed by atoms with Gasteiger partial charge in [-0.25, -0.2) is 0 Å². The smallest absolute Gasteiger partial charge is 0.261 e. The van der Waals surface area contributed by atoms with Crippen molar-refractivity contribution in [2.45, 2.75) is 44.9 Å². The van der Waals surface area contributed by atoms with Gasteiger partial charge >= 0.3 is 0 Å². The summed E-state index contributed by atoms with van der Waals surface area (Å²) in [5.74, 6) is 0.258. The van der Waals surface area contributed by atoms with E-state index in [1.165, 1.54) is 10.4 Å². The van der Waals surface area contributed by atoms with Gasteiger partial charge in [-0.15, -0.1) is 0 Å². The largest absolute Gasteiger partial charge is 0.407 e. The molecule has 1 N–H and O–H groups in total. The van der Waals surface area contributed by atoms with E-state index in [1.807, 2.05) is 0 Å². The zero-order valence-electron chi connectivity index (χ0n) is 16.2. The molecule has 4 heteroatoms. The van der Waals surface area contributed by atoms with Gasteiger partial charge in [-0.1, -0.05) is 88.4 Å². The second-order valence-electron chi connectivity index (χ2n) is 8.27. The molecule has 0 bridgehead atoms. The van der Waals surface area contributed by atoms with Gasteiger partial charge in [0.2, 0.25) is 0 Å². The van der Waals surface area contributed by atoms with Gasteiger partial charge < -0.3 is 14.3 Å². The number of aliphatic hydroxyl groups is 1. The molecule has 2 aromatic carbocycles. The molecule has 0 unspecified atom stereocenters. The number of rotatable bonds is 7. The Morgan fingerprint density at radius 1 is 1.00 bits per heavy atom. The summed E-state index contributed by atoms with van der Waals surface area (Å²) in [6.07, 6.45) is 0.0889. The third kappa shape index (κ3) is 3.65. The lowest BCUT2D eigenvalue weighted by molar-refractivity contribution is 0.208. The molecule has 1 heterocycles. The Labute approximate surface area is 158 Å². The lowest BCUT2D eigenvalue weighted by Gasteiger charge is -2.43. The Morgan fingerprint density at radius 2 is 1.50 bits per heavy atom. The first-order chi connectivity index (χ1) is 12.4. The molecule has 1 saturated heterocycles. The third-order valence-electron chi connectivity index (χ3n) is 5.34. The maximum atomic E-state index is 9.28. The van der Waals surface area contributed by atoms with Crippen molar-refractivity contribution in [2.24, 2.45) is 5.92 Å². The van der Waals surface area contributed by atoms with Crippen LogP contribution >= 0.6 is 0 Å². The molecule has 3 rings (SSSR count). The molecule has 1 aliphatic heterocycles. The standard InChI is InChI=1S/C22H30O3Si/c1-17(21-20(15-23)25-21)16-24-26(22(2,3)4,18-11-7-5-8-12-18)19-13-9-6-10-14-19/h5-14,17,20-21,23H,15-16H2,1-4H3/t17-,20-,21-/m1/s1. The summed E-state index contributed by atoms with van der Waals surface area (Å²) >= 11 is 0. The van der Waals surface area contributed by atoms with Crippen LogP contribution in [-0.4, -0.2) is 38.8 Å². The monoisotopic (exact) mass is 370 g/mol. The van der Waals surface area contributed by atoms with Crippen LogP contribution in [0.5, 0.6) is 0 Å². The SMILES string of the molecule is C[C@H](CO[Si](c1ccccc1)(c1ccccc1)C(C)(C)C)[C@H]1O[C@@H]1CO. The van der Waals surface area contributed by atoms with E-state index in [1.54, 1.807) is 0 Å². The van der Waals surface area contributed by atoms with Crippen LogP contribution in [0.2, 0.25) is 5.04 Å². The van der Waals surface area contributed by atoms with Crippen LogP contribution in [0.4, 0.5) is 0 Å². The minimum atomic E-state index is -2.48. The summed E-state index contributed by atoms with van der Waals surface area (Å²) < 4.78 is 12.5. The molecule has 0 amide bonds. The van der Waals surface area contributed by atoms with Crippen molar-refractivity contribution >= 4 is 18.7 Å². The Balaban J connectivity index is 1.98. The molecule has 1 aliphatic rings. The first-order valence-electron chi connectivity index (χ1n) is 9.41. The Kier molecular flexibility index (Phi) is 5.68. The van der Waals surface area contributed by atoms with Gasteiger partial charge in [0.15, 0.2) is 0 Å². The molecule has 26 heavy (non-hydrogen) atoms. The van der Waals surface area contributed by atoms with Gasteiger partial charge in [-0.3, -0.25) is 0 Å². The first kappa shape index (κ1) is 19.3. The van der Waals surface area contributed by atoms with Crippen LogP contribution in [-0.2, 0) is 9.16 Å². The minimum Gasteiger partial charge on any atom is -0.407 e. The van der Waals surface area contributed by atoms with Gasteiger partial charge in [0, 0.05) is 12.5 Å². The van der Waals surface area contributed by atoms with Crippen LogP contribution in [0.25, 0.3) is 0 Å². The van der Waals surface area contributed by atoms with Crippen LogP contribution < -0.4 is 10.4 Å². The molecular formula is C22H30O3Si. The second kappa shape index (κ2) is 7.65. The molecule has 0 radical (unpaired) electrons. The molecule has 0 spiro atoms. The highest BCUT2D eigenvalue weighted by Crippen LogP contribution is 2.38. The molecule has 3 atom stereocenters. The van der Waals surface area contributed by atoms with Crippen molar-refractivity contribution in [3.05, 3.63) is 60.7 Å². The van der Waals surface area contributed by atoms with Crippen molar-refractivity contribution in [1.29, 1.82) is 0 Å². The van der Waals surface area contributed by atoms with Gasteiger partial charge in [-0.05, 0) is 15.4 Å². The number of benzene rings is 2. The minimum absolute atomic E-state index is 0.0176. The van der Waals surface area contributed by atoms with E-state index in [0.717, 1.165) is 0 Å². The van der Waals surface area contributed by atoms with Crippen molar-refractivity contribution in [2.75, 3.05) is 13.2 Å². The zero-order chi connectivity index (χ0) is 18.8. The maximum Gasteiger partial charge on any atom is 0.261 e. The normalized spacial score (nSPS) is 21.4. The number of ether oxygens (including phenoxy) is 1. The number of aliphatic hydroxyl groups excluding tert-OH is 1. The predicted molar refractivity (Wildman–Crippen MR) is 108 cm³/mol. The number of hydrogen-bond acceptors (Lipinski definition) is 3. The van der Waals surface area contributed by atoms with E-state index in [2.05, 4.69) is 88.4 Å². The second-order valence-corrected chi connectivity index (χ2v) is 12.6. The molecule has 0 saturated carbocycles. The fourth-order valence-corrected chi connectivity index (χ4v) is 8.59. The average molecular weight is 371 g/mol. The van der Waals surface area contributed by atoms with Crippen molar-refractivity contribution in [3.63, 3.8) is 0 Å². The molecule has 3 nitrogen and oxygen atoms in total. The van der Waals surface area contributed by atoms with Crippen molar-refractivity contribution in [1.82, 2.24) is 0 Å². The molecule has 2 aromatic rings. The number of hydrogen-bond donors (Lipinski definition) is 1. The first-order valence-corrected chi connectivity index (χ1v) is 11.3. The fourth-order valence-electron chi connectivity index (χ4n) is 3.92. The van der Waals surface area contributed by atoms with Crippen molar-refractivity contribution < 1.29 is 14.3 Å². The topological polar surface area (TPSA) is 42.0 Å². The summed E-state index contributed by atoms with van der Waals surface area (Å²) in [6, 6.07) is 21.4. The Bertz CT molecular complexity index is 657. The number of epoxide rings is 1. The van der Waals surface area contributed by atoms with Crippen LogP contribution in [0.1, 0.15) is 27.7 Å². The molecule has 0 aliphatic carbocycles. The lowest BCUT2D eigenvalue weighted by atomic mass is 10.1. The van der Waals surface area contributed by atoms with E-state index in [4.69, 9.17) is 9.16 Å². The van der Waals surface area contributed by atoms with E-state index >= 15 is 0 Å². The molecule has 1 fully saturated rings. The van der Waals surface area contributed by atoms with E-state index in [9.17, 15) is 5.11 Å².